The Kier molecular flexibility index (Phi) is 6.59. The molecule has 0 fully saturated rings. The van der Waals surface area contributed by atoms with E-state index in [-0.39, 0.29) is 31.1 Å². The number of hydrogen-bond donors (Lipinski definition) is 3. The maximum Gasteiger partial charge on any atom is 0.335 e. The molecule has 0 aliphatic rings. The topological polar surface area (TPSA) is 95.9 Å². The van der Waals surface area contributed by atoms with Gasteiger partial charge in [0.1, 0.15) is 5.75 Å². The molecule has 0 saturated carbocycles. The number of fused-ring (bicyclic) bond motifs is 1. The number of carbonyl (C=O) groups excluding carboxylic acids is 1. The van der Waals surface area contributed by atoms with Crippen molar-refractivity contribution in [1.82, 2.24) is 5.32 Å². The zero-order chi connectivity index (χ0) is 21.0. The number of ether oxygens (including phenoxy) is 1. The van der Waals surface area contributed by atoms with Crippen LogP contribution >= 0.6 is 23.2 Å². The molecular formula is C21H17Cl2NO5. The zero-order valence-corrected chi connectivity index (χ0v) is 16.6. The number of rotatable bonds is 7. The van der Waals surface area contributed by atoms with Crippen LogP contribution < -0.4 is 10.1 Å². The van der Waals surface area contributed by atoms with E-state index in [9.17, 15) is 14.7 Å². The Morgan fingerprint density at radius 3 is 2.52 bits per heavy atom. The lowest BCUT2D eigenvalue weighted by molar-refractivity contribution is -0.123. The summed E-state index contributed by atoms with van der Waals surface area (Å²) in [5.41, 5.74) is 1.58. The highest BCUT2D eigenvalue weighted by Crippen LogP contribution is 2.36. The molecule has 6 nitrogen and oxygen atoms in total. The van der Waals surface area contributed by atoms with Crippen molar-refractivity contribution in [3.63, 3.8) is 0 Å². The predicted octanol–water partition coefficient (Wildman–Crippen LogP) is 4.03. The van der Waals surface area contributed by atoms with Crippen LogP contribution in [-0.4, -0.2) is 28.7 Å². The van der Waals surface area contributed by atoms with Gasteiger partial charge in [0.15, 0.2) is 6.61 Å². The van der Waals surface area contributed by atoms with Crippen molar-refractivity contribution in [2.45, 2.75) is 13.2 Å². The molecule has 1 amide bonds. The molecule has 3 aromatic carbocycles. The highest BCUT2D eigenvalue weighted by molar-refractivity contribution is 6.39. The van der Waals surface area contributed by atoms with Crippen molar-refractivity contribution in [2.24, 2.45) is 0 Å². The number of benzene rings is 3. The molecule has 3 N–H and O–H groups in total. The van der Waals surface area contributed by atoms with Crippen molar-refractivity contribution in [1.29, 1.82) is 0 Å². The molecule has 150 valence electrons. The molecule has 0 unspecified atom stereocenters. The van der Waals surface area contributed by atoms with Crippen molar-refractivity contribution in [3.8, 4) is 5.75 Å². The van der Waals surface area contributed by atoms with Crippen LogP contribution in [0.25, 0.3) is 10.8 Å². The summed E-state index contributed by atoms with van der Waals surface area (Å²) in [4.78, 5) is 23.6. The normalized spacial score (nSPS) is 10.7. The zero-order valence-electron chi connectivity index (χ0n) is 15.1. The highest BCUT2D eigenvalue weighted by Gasteiger charge is 2.15. The molecule has 0 radical (unpaired) electrons. The van der Waals surface area contributed by atoms with Crippen molar-refractivity contribution < 1.29 is 24.5 Å². The fourth-order valence-corrected chi connectivity index (χ4v) is 3.46. The maximum atomic E-state index is 12.2. The van der Waals surface area contributed by atoms with Crippen LogP contribution in [0.15, 0.2) is 48.5 Å². The number of halogens is 2. The van der Waals surface area contributed by atoms with Gasteiger partial charge in [-0.3, -0.25) is 4.79 Å². The van der Waals surface area contributed by atoms with Crippen LogP contribution in [0.5, 0.6) is 5.75 Å². The van der Waals surface area contributed by atoms with Crippen molar-refractivity contribution in [2.75, 3.05) is 6.61 Å². The van der Waals surface area contributed by atoms with Gasteiger partial charge in [-0.15, -0.1) is 0 Å². The number of carbonyl (C=O) groups is 2. The quantitative estimate of drug-likeness (QED) is 0.522. The van der Waals surface area contributed by atoms with Gasteiger partial charge in [0.2, 0.25) is 0 Å². The minimum Gasteiger partial charge on any atom is -0.483 e. The molecule has 3 rings (SSSR count). The van der Waals surface area contributed by atoms with Crippen LogP contribution in [0, 0.1) is 0 Å². The fraction of sp³-hybridized carbons (Fsp3) is 0.143. The maximum absolute atomic E-state index is 12.2. The minimum absolute atomic E-state index is 0.00735. The molecule has 8 heteroatoms. The molecule has 0 aliphatic carbocycles. The number of amides is 1. The van der Waals surface area contributed by atoms with E-state index in [4.69, 9.17) is 33.0 Å². The summed E-state index contributed by atoms with van der Waals surface area (Å²) in [6, 6.07) is 13.1. The predicted molar refractivity (Wildman–Crippen MR) is 111 cm³/mol. The van der Waals surface area contributed by atoms with Gasteiger partial charge >= 0.3 is 5.97 Å². The average molecular weight is 434 g/mol. The van der Waals surface area contributed by atoms with Gasteiger partial charge in [0, 0.05) is 17.0 Å². The lowest BCUT2D eigenvalue weighted by Gasteiger charge is -2.13. The molecule has 29 heavy (non-hydrogen) atoms. The van der Waals surface area contributed by atoms with Gasteiger partial charge in [-0.05, 0) is 40.8 Å². The molecule has 0 spiro atoms. The first-order valence-electron chi connectivity index (χ1n) is 8.61. The Bertz CT molecular complexity index is 1080. The number of hydrogen-bond acceptors (Lipinski definition) is 4. The third kappa shape index (κ3) is 5.17. The number of aromatic carboxylic acids is 1. The Balaban J connectivity index is 1.75. The first-order chi connectivity index (χ1) is 13.9. The standard InChI is InChI=1S/C21H17Cl2NO5/c22-16-6-14-5-15(21(27)28)7-18(20(14)17(23)8-16)29-11-19(26)24-9-12-2-1-3-13(4-12)10-25/h1-8,25H,9-11H2,(H,24,26)(H,27,28). The van der Waals surface area contributed by atoms with Crippen LogP contribution in [0.1, 0.15) is 21.5 Å². The van der Waals surface area contributed by atoms with Crippen LogP contribution in [-0.2, 0) is 17.9 Å². The van der Waals surface area contributed by atoms with E-state index in [0.717, 1.165) is 11.1 Å². The van der Waals surface area contributed by atoms with Crippen LogP contribution in [0.3, 0.4) is 0 Å². The summed E-state index contributed by atoms with van der Waals surface area (Å²) < 4.78 is 5.58. The van der Waals surface area contributed by atoms with E-state index in [1.807, 2.05) is 6.07 Å². The van der Waals surface area contributed by atoms with E-state index in [2.05, 4.69) is 5.32 Å². The SMILES string of the molecule is O=C(COc1cc(C(=O)O)cc2cc(Cl)cc(Cl)c12)NCc1cccc(CO)c1. The van der Waals surface area contributed by atoms with Gasteiger partial charge in [-0.2, -0.15) is 0 Å². The Hall–Kier alpha value is -2.80. The summed E-state index contributed by atoms with van der Waals surface area (Å²) in [6.45, 7) is -0.137. The van der Waals surface area contributed by atoms with Crippen LogP contribution in [0.4, 0.5) is 0 Å². The molecule has 0 aromatic heterocycles. The van der Waals surface area contributed by atoms with Gasteiger partial charge < -0.3 is 20.3 Å². The lowest BCUT2D eigenvalue weighted by atomic mass is 10.1. The van der Waals surface area contributed by atoms with E-state index < -0.39 is 11.9 Å². The molecule has 0 saturated heterocycles. The minimum atomic E-state index is -1.14. The van der Waals surface area contributed by atoms with E-state index in [1.165, 1.54) is 18.2 Å². The Labute approximate surface area is 176 Å². The number of nitrogens with one attached hydrogen (secondary N) is 1. The number of aliphatic hydroxyl groups is 1. The lowest BCUT2D eigenvalue weighted by Crippen LogP contribution is -2.28. The third-order valence-corrected chi connectivity index (χ3v) is 4.72. The summed E-state index contributed by atoms with van der Waals surface area (Å²) in [6.07, 6.45) is 0. The van der Waals surface area contributed by atoms with E-state index >= 15 is 0 Å². The van der Waals surface area contributed by atoms with Gasteiger partial charge in [-0.1, -0.05) is 47.5 Å². The summed E-state index contributed by atoms with van der Waals surface area (Å²) >= 11 is 12.3. The largest absolute Gasteiger partial charge is 0.483 e. The van der Waals surface area contributed by atoms with Crippen molar-refractivity contribution in [3.05, 3.63) is 75.3 Å². The van der Waals surface area contributed by atoms with Gasteiger partial charge in [-0.25, -0.2) is 4.79 Å². The number of carboxylic acid groups (broad SMARTS) is 1. The van der Waals surface area contributed by atoms with Gasteiger partial charge in [0.05, 0.1) is 17.2 Å². The second-order valence-corrected chi connectivity index (χ2v) is 7.15. The van der Waals surface area contributed by atoms with E-state index in [0.29, 0.717) is 20.8 Å². The van der Waals surface area contributed by atoms with E-state index in [1.54, 1.807) is 24.3 Å². The molecule has 0 bridgehead atoms. The number of aliphatic hydroxyl groups excluding tert-OH is 1. The monoisotopic (exact) mass is 433 g/mol. The smallest absolute Gasteiger partial charge is 0.335 e. The molecule has 0 atom stereocenters. The summed E-state index contributed by atoms with van der Waals surface area (Å²) in [5, 5.41) is 22.8. The molecule has 3 aromatic rings. The van der Waals surface area contributed by atoms with Crippen molar-refractivity contribution >= 4 is 45.9 Å². The molecule has 0 heterocycles. The Morgan fingerprint density at radius 1 is 1.03 bits per heavy atom. The highest BCUT2D eigenvalue weighted by atomic mass is 35.5. The Morgan fingerprint density at radius 2 is 1.79 bits per heavy atom. The summed E-state index contributed by atoms with van der Waals surface area (Å²) in [5.74, 6) is -1.35. The molecule has 0 aliphatic heterocycles. The second-order valence-electron chi connectivity index (χ2n) is 6.31. The average Bonchev–Trinajstić information content (AvgIpc) is 2.69. The molecular weight excluding hydrogens is 417 g/mol. The third-order valence-electron chi connectivity index (χ3n) is 4.20. The first kappa shape index (κ1) is 20.9. The first-order valence-corrected chi connectivity index (χ1v) is 9.37. The number of carboxylic acids is 1. The van der Waals surface area contributed by atoms with Gasteiger partial charge in [0.25, 0.3) is 5.91 Å². The van der Waals surface area contributed by atoms with Crippen LogP contribution in [0.2, 0.25) is 10.0 Å². The summed E-state index contributed by atoms with van der Waals surface area (Å²) in [7, 11) is 0. The fourth-order valence-electron chi connectivity index (χ4n) is 2.86. The second kappa shape index (κ2) is 9.13.